The topological polar surface area (TPSA) is 119 Å². The van der Waals surface area contributed by atoms with Gasteiger partial charge in [-0.3, -0.25) is 4.57 Å². The highest BCUT2D eigenvalue weighted by Crippen LogP contribution is 2.36. The molecule has 2 aromatic rings. The lowest BCUT2D eigenvalue weighted by molar-refractivity contribution is -0.0457. The molecule has 1 aliphatic heterocycles. The molecule has 0 amide bonds. The van der Waals surface area contributed by atoms with Gasteiger partial charge < -0.3 is 20.7 Å². The average molecular weight is 351 g/mol. The Bertz CT molecular complexity index is 722. The van der Waals surface area contributed by atoms with Gasteiger partial charge >= 0.3 is 0 Å². The molecule has 1 saturated heterocycles. The summed E-state index contributed by atoms with van der Waals surface area (Å²) in [5.41, 5.74) is 7.01. The maximum Gasteiger partial charge on any atom is 0.172 e. The van der Waals surface area contributed by atoms with Crippen molar-refractivity contribution in [1.29, 1.82) is 0 Å². The fourth-order valence-electron chi connectivity index (χ4n) is 2.70. The summed E-state index contributed by atoms with van der Waals surface area (Å²) in [6.45, 7) is 3.49. The second-order valence-corrected chi connectivity index (χ2v) is 6.65. The van der Waals surface area contributed by atoms with Gasteiger partial charge in [-0.15, -0.1) is 6.58 Å². The van der Waals surface area contributed by atoms with Crippen LogP contribution in [-0.2, 0) is 4.74 Å². The zero-order valence-corrected chi connectivity index (χ0v) is 14.0. The second-order valence-electron chi connectivity index (χ2n) is 5.59. The number of rotatable bonds is 7. The lowest BCUT2D eigenvalue weighted by Gasteiger charge is -2.16. The van der Waals surface area contributed by atoms with Crippen LogP contribution in [0.5, 0.6) is 0 Å². The number of fused-ring (bicyclic) bond motifs is 1. The molecule has 0 saturated carbocycles. The highest BCUT2D eigenvalue weighted by molar-refractivity contribution is 7.99. The first-order valence-corrected chi connectivity index (χ1v) is 8.80. The summed E-state index contributed by atoms with van der Waals surface area (Å²) in [7, 11) is 0. The predicted octanol–water partition coefficient (Wildman–Crippen LogP) is 1.11. The van der Waals surface area contributed by atoms with Gasteiger partial charge in [-0.2, -0.15) is 0 Å². The predicted molar refractivity (Wildman–Crippen MR) is 91.5 cm³/mol. The number of hydrogen-bond donors (Lipinski definition) is 3. The third kappa shape index (κ3) is 3.25. The standard InChI is InChI=1S/C15H21N5O3S/c1-2-3-4-5-24-15-19-12-13(16)17-8-18-14(12)20(15)11-6-9(22)10(7-21)23-11/h2,8-11,21-22H,1,3-7H2,(H2,16,17,18). The van der Waals surface area contributed by atoms with Crippen molar-refractivity contribution in [2.24, 2.45) is 0 Å². The molecule has 130 valence electrons. The van der Waals surface area contributed by atoms with Crippen LogP contribution in [0.25, 0.3) is 11.2 Å². The number of nitrogens with two attached hydrogens (primary N) is 1. The lowest BCUT2D eigenvalue weighted by Crippen LogP contribution is -2.24. The molecule has 3 rings (SSSR count). The Morgan fingerprint density at radius 1 is 1.50 bits per heavy atom. The molecule has 0 radical (unpaired) electrons. The number of aliphatic hydroxyl groups is 2. The number of ether oxygens (including phenoxy) is 1. The molecule has 9 heteroatoms. The van der Waals surface area contributed by atoms with Crippen molar-refractivity contribution in [3.05, 3.63) is 19.0 Å². The zero-order chi connectivity index (χ0) is 17.1. The maximum atomic E-state index is 10.0. The summed E-state index contributed by atoms with van der Waals surface area (Å²) >= 11 is 1.57. The van der Waals surface area contributed by atoms with E-state index in [9.17, 15) is 10.2 Å². The van der Waals surface area contributed by atoms with E-state index in [1.54, 1.807) is 11.8 Å². The molecule has 1 aliphatic rings. The van der Waals surface area contributed by atoms with Crippen LogP contribution in [0.4, 0.5) is 5.82 Å². The number of aromatic nitrogens is 4. The number of aliphatic hydroxyl groups excluding tert-OH is 2. The highest BCUT2D eigenvalue weighted by Gasteiger charge is 2.36. The van der Waals surface area contributed by atoms with Gasteiger partial charge in [0.2, 0.25) is 0 Å². The molecule has 0 aliphatic carbocycles. The molecule has 24 heavy (non-hydrogen) atoms. The van der Waals surface area contributed by atoms with E-state index in [0.717, 1.165) is 23.8 Å². The number of imidazole rings is 1. The van der Waals surface area contributed by atoms with Crippen LogP contribution in [0.1, 0.15) is 25.5 Å². The van der Waals surface area contributed by atoms with E-state index >= 15 is 0 Å². The number of nitrogen functional groups attached to an aromatic ring is 1. The fraction of sp³-hybridized carbons (Fsp3) is 0.533. The molecule has 8 nitrogen and oxygen atoms in total. The molecule has 4 N–H and O–H groups in total. The molecule has 2 aromatic heterocycles. The van der Waals surface area contributed by atoms with Crippen molar-refractivity contribution in [1.82, 2.24) is 19.5 Å². The average Bonchev–Trinajstić information content (AvgIpc) is 3.12. The van der Waals surface area contributed by atoms with E-state index in [2.05, 4.69) is 21.5 Å². The number of unbranched alkanes of at least 4 members (excludes halogenated alkanes) is 1. The first-order chi connectivity index (χ1) is 11.7. The van der Waals surface area contributed by atoms with Crippen LogP contribution < -0.4 is 5.73 Å². The largest absolute Gasteiger partial charge is 0.394 e. The minimum Gasteiger partial charge on any atom is -0.394 e. The van der Waals surface area contributed by atoms with Crippen molar-refractivity contribution < 1.29 is 14.9 Å². The minimum absolute atomic E-state index is 0.233. The minimum atomic E-state index is -0.727. The Balaban J connectivity index is 1.94. The van der Waals surface area contributed by atoms with Gasteiger partial charge in [-0.05, 0) is 12.8 Å². The quantitative estimate of drug-likeness (QED) is 0.385. The number of hydrogen-bond acceptors (Lipinski definition) is 8. The summed E-state index contributed by atoms with van der Waals surface area (Å²) in [6, 6.07) is 0. The van der Waals surface area contributed by atoms with Gasteiger partial charge in [0, 0.05) is 12.2 Å². The van der Waals surface area contributed by atoms with E-state index in [4.69, 9.17) is 10.5 Å². The molecular weight excluding hydrogens is 330 g/mol. The van der Waals surface area contributed by atoms with Crippen molar-refractivity contribution >= 4 is 28.7 Å². The molecule has 0 spiro atoms. The molecule has 0 aromatic carbocycles. The Kier molecular flexibility index (Phi) is 5.34. The summed E-state index contributed by atoms with van der Waals surface area (Å²) in [4.78, 5) is 12.8. The normalized spacial score (nSPS) is 23.8. The SMILES string of the molecule is C=CCCCSc1nc2c(N)ncnc2n1C1CC(O)C(CO)O1. The van der Waals surface area contributed by atoms with Crippen LogP contribution in [-0.4, -0.2) is 54.3 Å². The van der Waals surface area contributed by atoms with Gasteiger partial charge in [0.15, 0.2) is 22.1 Å². The van der Waals surface area contributed by atoms with Crippen molar-refractivity contribution in [2.75, 3.05) is 18.1 Å². The van der Waals surface area contributed by atoms with Gasteiger partial charge in [-0.25, -0.2) is 15.0 Å². The first-order valence-electron chi connectivity index (χ1n) is 7.82. The Morgan fingerprint density at radius 2 is 2.33 bits per heavy atom. The summed E-state index contributed by atoms with van der Waals surface area (Å²) in [5.74, 6) is 1.17. The smallest absolute Gasteiger partial charge is 0.172 e. The third-order valence-electron chi connectivity index (χ3n) is 3.93. The number of allylic oxidation sites excluding steroid dienone is 1. The van der Waals surface area contributed by atoms with Gasteiger partial charge in [0.05, 0.1) is 12.7 Å². The van der Waals surface area contributed by atoms with E-state index in [1.165, 1.54) is 6.33 Å². The maximum absolute atomic E-state index is 10.0. The molecular formula is C15H21N5O3S. The molecule has 3 atom stereocenters. The summed E-state index contributed by atoms with van der Waals surface area (Å²) in [5, 5.41) is 20.1. The van der Waals surface area contributed by atoms with Gasteiger partial charge in [-0.1, -0.05) is 17.8 Å². The van der Waals surface area contributed by atoms with E-state index in [-0.39, 0.29) is 6.61 Å². The number of nitrogens with zero attached hydrogens (tertiary/aromatic N) is 4. The van der Waals surface area contributed by atoms with Crippen LogP contribution in [0.3, 0.4) is 0 Å². The van der Waals surface area contributed by atoms with Crippen LogP contribution >= 0.6 is 11.8 Å². The molecule has 1 fully saturated rings. The van der Waals surface area contributed by atoms with Gasteiger partial charge in [0.1, 0.15) is 18.7 Å². The lowest BCUT2D eigenvalue weighted by atomic mass is 10.2. The number of anilines is 1. The van der Waals surface area contributed by atoms with Crippen molar-refractivity contribution in [2.45, 2.75) is 42.9 Å². The van der Waals surface area contributed by atoms with E-state index in [1.807, 2.05) is 10.6 Å². The second kappa shape index (κ2) is 7.47. The molecule has 3 unspecified atom stereocenters. The Labute approximate surface area is 143 Å². The number of thioether (sulfide) groups is 1. The monoisotopic (exact) mass is 351 g/mol. The molecule has 3 heterocycles. The first kappa shape index (κ1) is 17.2. The van der Waals surface area contributed by atoms with E-state index in [0.29, 0.717) is 23.4 Å². The van der Waals surface area contributed by atoms with Crippen LogP contribution in [0.15, 0.2) is 24.1 Å². The van der Waals surface area contributed by atoms with Crippen molar-refractivity contribution in [3.63, 3.8) is 0 Å². The van der Waals surface area contributed by atoms with E-state index < -0.39 is 18.4 Å². The van der Waals surface area contributed by atoms with Gasteiger partial charge in [0.25, 0.3) is 0 Å². The fourth-order valence-corrected chi connectivity index (χ4v) is 3.69. The van der Waals surface area contributed by atoms with Crippen LogP contribution in [0, 0.1) is 0 Å². The third-order valence-corrected chi connectivity index (χ3v) is 4.97. The van der Waals surface area contributed by atoms with Crippen molar-refractivity contribution in [3.8, 4) is 0 Å². The summed E-state index contributed by atoms with van der Waals surface area (Å²) in [6.07, 6.45) is 3.76. The highest BCUT2D eigenvalue weighted by atomic mass is 32.2. The molecule has 0 bridgehead atoms. The Morgan fingerprint density at radius 3 is 3.04 bits per heavy atom. The Hall–Kier alpha value is -1.68. The zero-order valence-electron chi connectivity index (χ0n) is 13.2. The summed E-state index contributed by atoms with van der Waals surface area (Å²) < 4.78 is 7.61. The van der Waals surface area contributed by atoms with Crippen LogP contribution in [0.2, 0.25) is 0 Å².